The van der Waals surface area contributed by atoms with Crippen LogP contribution in [0.15, 0.2) is 218 Å². The Morgan fingerprint density at radius 3 is 1.56 bits per heavy atom. The summed E-state index contributed by atoms with van der Waals surface area (Å²) in [6, 6.07) is 79.0. The SMILES string of the molecule is c1ccc(-c2cccc(-c3ccccc3)c2N(c2ccc3c4ccccc4n(-c4ccccc4)c3c2)c2ccc3ccccc3c2-c2ccccc2)cc1. The van der Waals surface area contributed by atoms with Gasteiger partial charge >= 0.3 is 0 Å². The van der Waals surface area contributed by atoms with Crippen molar-refractivity contribution < 1.29 is 0 Å². The molecule has 0 bridgehead atoms. The number of aromatic nitrogens is 1. The van der Waals surface area contributed by atoms with E-state index in [0.29, 0.717) is 0 Å². The molecular formula is C52H36N2. The van der Waals surface area contributed by atoms with Gasteiger partial charge in [-0.25, -0.2) is 0 Å². The third-order valence-electron chi connectivity index (χ3n) is 10.6. The maximum absolute atomic E-state index is 2.52. The number of benzene rings is 9. The number of anilines is 3. The zero-order chi connectivity index (χ0) is 35.8. The van der Waals surface area contributed by atoms with Crippen LogP contribution in [0.3, 0.4) is 0 Å². The summed E-state index contributed by atoms with van der Waals surface area (Å²) in [6.07, 6.45) is 0. The Labute approximate surface area is 315 Å². The molecular weight excluding hydrogens is 653 g/mol. The van der Waals surface area contributed by atoms with Crippen molar-refractivity contribution in [3.8, 4) is 39.1 Å². The van der Waals surface area contributed by atoms with E-state index in [1.165, 1.54) is 38.2 Å². The predicted octanol–water partition coefficient (Wildman–Crippen LogP) is 14.4. The maximum Gasteiger partial charge on any atom is 0.0618 e. The van der Waals surface area contributed by atoms with Crippen LogP contribution in [0.2, 0.25) is 0 Å². The van der Waals surface area contributed by atoms with E-state index in [9.17, 15) is 0 Å². The highest BCUT2D eigenvalue weighted by Gasteiger charge is 2.26. The molecule has 2 heteroatoms. The fourth-order valence-corrected chi connectivity index (χ4v) is 8.18. The van der Waals surface area contributed by atoms with E-state index in [-0.39, 0.29) is 0 Å². The summed E-state index contributed by atoms with van der Waals surface area (Å²) >= 11 is 0. The van der Waals surface area contributed by atoms with Crippen molar-refractivity contribution in [2.75, 3.05) is 4.90 Å². The molecule has 1 aromatic heterocycles. The first kappa shape index (κ1) is 31.6. The number of hydrogen-bond donors (Lipinski definition) is 0. The topological polar surface area (TPSA) is 8.17 Å². The van der Waals surface area contributed by atoms with E-state index in [2.05, 4.69) is 228 Å². The molecule has 1 heterocycles. The largest absolute Gasteiger partial charge is 0.309 e. The van der Waals surface area contributed by atoms with Gasteiger partial charge in [0.25, 0.3) is 0 Å². The van der Waals surface area contributed by atoms with Crippen molar-refractivity contribution >= 4 is 49.6 Å². The molecule has 0 aliphatic rings. The molecule has 0 unspecified atom stereocenters. The van der Waals surface area contributed by atoms with E-state index in [1.54, 1.807) is 0 Å². The number of hydrogen-bond acceptors (Lipinski definition) is 1. The van der Waals surface area contributed by atoms with Crippen LogP contribution in [0.25, 0.3) is 71.6 Å². The van der Waals surface area contributed by atoms with Crippen LogP contribution in [-0.2, 0) is 0 Å². The Kier molecular flexibility index (Phi) is 7.85. The van der Waals surface area contributed by atoms with Gasteiger partial charge in [-0.3, -0.25) is 0 Å². The lowest BCUT2D eigenvalue weighted by atomic mass is 9.91. The molecule has 10 rings (SSSR count). The summed E-state index contributed by atoms with van der Waals surface area (Å²) in [5, 5.41) is 4.88. The molecule has 0 N–H and O–H groups in total. The molecule has 54 heavy (non-hydrogen) atoms. The van der Waals surface area contributed by atoms with Crippen LogP contribution in [-0.4, -0.2) is 4.57 Å². The highest BCUT2D eigenvalue weighted by atomic mass is 15.2. The molecule has 0 aliphatic heterocycles. The van der Waals surface area contributed by atoms with E-state index in [1.807, 2.05) is 0 Å². The second kappa shape index (κ2) is 13.4. The van der Waals surface area contributed by atoms with E-state index in [0.717, 1.165) is 50.5 Å². The average molecular weight is 689 g/mol. The normalized spacial score (nSPS) is 11.3. The Bertz CT molecular complexity index is 2850. The Balaban J connectivity index is 1.37. The quantitative estimate of drug-likeness (QED) is 0.162. The van der Waals surface area contributed by atoms with Crippen molar-refractivity contribution in [3.05, 3.63) is 218 Å². The molecule has 0 fully saturated rings. The second-order valence-electron chi connectivity index (χ2n) is 13.7. The monoisotopic (exact) mass is 688 g/mol. The van der Waals surface area contributed by atoms with Gasteiger partial charge in [-0.2, -0.15) is 0 Å². The summed E-state index contributed by atoms with van der Waals surface area (Å²) in [4.78, 5) is 2.52. The molecule has 0 saturated carbocycles. The number of para-hydroxylation sites is 3. The van der Waals surface area contributed by atoms with Gasteiger partial charge in [0.1, 0.15) is 0 Å². The first-order valence-electron chi connectivity index (χ1n) is 18.5. The molecule has 0 aliphatic carbocycles. The highest BCUT2D eigenvalue weighted by Crippen LogP contribution is 2.51. The molecule has 0 saturated heterocycles. The van der Waals surface area contributed by atoms with E-state index >= 15 is 0 Å². The molecule has 10 aromatic rings. The molecule has 0 amide bonds. The number of fused-ring (bicyclic) bond motifs is 4. The summed E-state index contributed by atoms with van der Waals surface area (Å²) < 4.78 is 2.41. The Morgan fingerprint density at radius 2 is 0.889 bits per heavy atom. The first-order valence-corrected chi connectivity index (χ1v) is 18.5. The van der Waals surface area contributed by atoms with Gasteiger partial charge in [-0.15, -0.1) is 0 Å². The lowest BCUT2D eigenvalue weighted by Gasteiger charge is -2.32. The van der Waals surface area contributed by atoms with Gasteiger partial charge in [0.05, 0.1) is 22.4 Å². The number of rotatable bonds is 7. The molecule has 0 spiro atoms. The van der Waals surface area contributed by atoms with Crippen molar-refractivity contribution in [2.45, 2.75) is 0 Å². The van der Waals surface area contributed by atoms with Crippen LogP contribution >= 0.6 is 0 Å². The van der Waals surface area contributed by atoms with Gasteiger partial charge < -0.3 is 9.47 Å². The third-order valence-corrected chi connectivity index (χ3v) is 10.6. The van der Waals surface area contributed by atoms with Gasteiger partial charge in [0.2, 0.25) is 0 Å². The van der Waals surface area contributed by atoms with Crippen molar-refractivity contribution in [3.63, 3.8) is 0 Å². The average Bonchev–Trinajstić information content (AvgIpc) is 3.58. The van der Waals surface area contributed by atoms with Gasteiger partial charge in [0.15, 0.2) is 0 Å². The highest BCUT2D eigenvalue weighted by molar-refractivity contribution is 6.12. The lowest BCUT2D eigenvalue weighted by molar-refractivity contribution is 1.18. The van der Waals surface area contributed by atoms with Crippen molar-refractivity contribution in [2.24, 2.45) is 0 Å². The standard InChI is InChI=1S/C52H36N2/c1-5-18-37(19-6-1)44-29-17-30-45(38-20-7-2-8-21-38)52(44)54(49-35-32-39-22-13-14-27-43(39)51(49)40-23-9-3-10-24-40)42-33-34-47-46-28-15-16-31-48(46)53(50(47)36-42)41-25-11-4-12-26-41/h1-36H. The van der Waals surface area contributed by atoms with E-state index in [4.69, 9.17) is 0 Å². The lowest BCUT2D eigenvalue weighted by Crippen LogP contribution is -2.14. The molecule has 254 valence electrons. The molecule has 0 atom stereocenters. The summed E-state index contributed by atoms with van der Waals surface area (Å²) in [5.74, 6) is 0. The zero-order valence-corrected chi connectivity index (χ0v) is 29.7. The number of nitrogens with zero attached hydrogens (tertiary/aromatic N) is 2. The van der Waals surface area contributed by atoms with Gasteiger partial charge in [0, 0.05) is 38.8 Å². The smallest absolute Gasteiger partial charge is 0.0618 e. The minimum Gasteiger partial charge on any atom is -0.309 e. The minimum atomic E-state index is 1.08. The maximum atomic E-state index is 2.52. The second-order valence-corrected chi connectivity index (χ2v) is 13.7. The first-order chi connectivity index (χ1) is 26.8. The zero-order valence-electron chi connectivity index (χ0n) is 29.7. The van der Waals surface area contributed by atoms with Crippen LogP contribution < -0.4 is 4.90 Å². The van der Waals surface area contributed by atoms with Crippen LogP contribution in [0.4, 0.5) is 17.1 Å². The van der Waals surface area contributed by atoms with E-state index < -0.39 is 0 Å². The Morgan fingerprint density at radius 1 is 0.352 bits per heavy atom. The summed E-state index contributed by atoms with van der Waals surface area (Å²) in [7, 11) is 0. The molecule has 9 aromatic carbocycles. The van der Waals surface area contributed by atoms with Gasteiger partial charge in [-0.05, 0) is 63.9 Å². The van der Waals surface area contributed by atoms with Gasteiger partial charge in [-0.1, -0.05) is 182 Å². The minimum absolute atomic E-state index is 1.08. The van der Waals surface area contributed by atoms with Crippen LogP contribution in [0.1, 0.15) is 0 Å². The van der Waals surface area contributed by atoms with Crippen LogP contribution in [0.5, 0.6) is 0 Å². The van der Waals surface area contributed by atoms with Crippen molar-refractivity contribution in [1.29, 1.82) is 0 Å². The molecule has 2 nitrogen and oxygen atoms in total. The molecule has 0 radical (unpaired) electrons. The summed E-state index contributed by atoms with van der Waals surface area (Å²) in [6.45, 7) is 0. The Hall–Kier alpha value is -7.16. The summed E-state index contributed by atoms with van der Waals surface area (Å²) in [5.41, 5.74) is 13.8. The third kappa shape index (κ3) is 5.36. The van der Waals surface area contributed by atoms with Crippen LogP contribution in [0, 0.1) is 0 Å². The van der Waals surface area contributed by atoms with Crippen molar-refractivity contribution in [1.82, 2.24) is 4.57 Å². The fourth-order valence-electron chi connectivity index (χ4n) is 8.18. The fraction of sp³-hybridized carbons (Fsp3) is 0. The predicted molar refractivity (Wildman–Crippen MR) is 229 cm³/mol.